The van der Waals surface area contributed by atoms with E-state index in [-0.39, 0.29) is 24.2 Å². The highest BCUT2D eigenvalue weighted by atomic mass is 32.2. The molecule has 1 aliphatic rings. The molecule has 1 aliphatic heterocycles. The van der Waals surface area contributed by atoms with Gasteiger partial charge in [0.2, 0.25) is 0 Å². The van der Waals surface area contributed by atoms with Gasteiger partial charge in [-0.1, -0.05) is 0 Å². The van der Waals surface area contributed by atoms with Crippen molar-refractivity contribution < 1.29 is 22.1 Å². The second-order valence-electron chi connectivity index (χ2n) is 4.59. The molecular formula is C12H18N2O5S2. The van der Waals surface area contributed by atoms with Crippen LogP contribution in [0.15, 0.2) is 5.38 Å². The Morgan fingerprint density at radius 2 is 2.19 bits per heavy atom. The zero-order valence-corrected chi connectivity index (χ0v) is 13.3. The molecule has 1 fully saturated rings. The number of ether oxygens (including phenoxy) is 1. The maximum atomic E-state index is 12.0. The van der Waals surface area contributed by atoms with Crippen LogP contribution in [0.25, 0.3) is 0 Å². The van der Waals surface area contributed by atoms with Crippen LogP contribution in [0.2, 0.25) is 0 Å². The quantitative estimate of drug-likeness (QED) is 0.610. The monoisotopic (exact) mass is 334 g/mol. The molecule has 1 N–H and O–H groups in total. The zero-order chi connectivity index (χ0) is 15.3. The molecule has 7 nitrogen and oxygen atoms in total. The molecular weight excluding hydrogens is 316 g/mol. The van der Waals surface area contributed by atoms with E-state index in [0.717, 1.165) is 24.4 Å². The number of piperidine rings is 1. The number of aromatic nitrogens is 1. The van der Waals surface area contributed by atoms with E-state index >= 15 is 0 Å². The minimum Gasteiger partial charge on any atom is -0.461 e. The van der Waals surface area contributed by atoms with Crippen LogP contribution in [0.1, 0.15) is 35.3 Å². The Balaban J connectivity index is 1.95. The molecule has 1 aromatic heterocycles. The van der Waals surface area contributed by atoms with Crippen molar-refractivity contribution in [1.82, 2.24) is 10.3 Å². The first kappa shape index (κ1) is 16.3. The summed E-state index contributed by atoms with van der Waals surface area (Å²) in [5.41, 5.74) is 0.133. The van der Waals surface area contributed by atoms with Crippen LogP contribution in [-0.4, -0.2) is 45.2 Å². The van der Waals surface area contributed by atoms with E-state index in [2.05, 4.69) is 10.3 Å². The lowest BCUT2D eigenvalue weighted by atomic mass is 10.1. The molecule has 0 unspecified atom stereocenters. The third kappa shape index (κ3) is 5.03. The van der Waals surface area contributed by atoms with Crippen molar-refractivity contribution in [2.24, 2.45) is 0 Å². The Morgan fingerprint density at radius 3 is 2.86 bits per heavy atom. The summed E-state index contributed by atoms with van der Waals surface area (Å²) in [6.45, 7) is 3.46. The molecule has 0 aliphatic carbocycles. The highest BCUT2D eigenvalue weighted by molar-refractivity contribution is 7.86. The minimum atomic E-state index is -3.69. The van der Waals surface area contributed by atoms with Crippen LogP contribution < -0.4 is 5.32 Å². The first-order chi connectivity index (χ1) is 10.00. The van der Waals surface area contributed by atoms with Gasteiger partial charge >= 0.3 is 5.97 Å². The Morgan fingerprint density at radius 1 is 1.48 bits per heavy atom. The Kier molecular flexibility index (Phi) is 5.68. The standard InChI is InChI=1S/C12H18N2O5S2/c1-2-18-12(15)10-7-20-11(14-10)8-21(16,17)19-9-3-5-13-6-4-9/h7,9,13H,2-6,8H2,1H3. The van der Waals surface area contributed by atoms with Gasteiger partial charge in [-0.3, -0.25) is 4.18 Å². The predicted octanol–water partition coefficient (Wildman–Crippen LogP) is 0.918. The summed E-state index contributed by atoms with van der Waals surface area (Å²) in [6, 6.07) is 0. The summed E-state index contributed by atoms with van der Waals surface area (Å²) >= 11 is 1.11. The average Bonchev–Trinajstić information content (AvgIpc) is 2.87. The van der Waals surface area contributed by atoms with Crippen LogP contribution in [0, 0.1) is 0 Å². The lowest BCUT2D eigenvalue weighted by Crippen LogP contribution is -2.34. The SMILES string of the molecule is CCOC(=O)c1csc(CS(=O)(=O)OC2CCNCC2)n1. The van der Waals surface area contributed by atoms with Crippen LogP contribution in [-0.2, 0) is 24.8 Å². The Hall–Kier alpha value is -1.03. The Bertz CT molecular complexity index is 578. The number of nitrogens with zero attached hydrogens (tertiary/aromatic N) is 1. The summed E-state index contributed by atoms with van der Waals surface area (Å²) in [4.78, 5) is 15.5. The van der Waals surface area contributed by atoms with Crippen LogP contribution in [0.4, 0.5) is 0 Å². The van der Waals surface area contributed by atoms with E-state index in [1.54, 1.807) is 6.92 Å². The molecule has 1 saturated heterocycles. The van der Waals surface area contributed by atoms with Gasteiger partial charge in [-0.2, -0.15) is 8.42 Å². The molecule has 9 heteroatoms. The summed E-state index contributed by atoms with van der Waals surface area (Å²) < 4.78 is 34.0. The van der Waals surface area contributed by atoms with Crippen molar-refractivity contribution in [3.8, 4) is 0 Å². The smallest absolute Gasteiger partial charge is 0.357 e. The van der Waals surface area contributed by atoms with Crippen molar-refractivity contribution >= 4 is 27.4 Å². The molecule has 0 radical (unpaired) electrons. The molecule has 0 saturated carbocycles. The lowest BCUT2D eigenvalue weighted by molar-refractivity contribution is 0.0520. The number of carbonyl (C=O) groups is 1. The average molecular weight is 334 g/mol. The second-order valence-corrected chi connectivity index (χ2v) is 7.13. The van der Waals surface area contributed by atoms with E-state index < -0.39 is 16.1 Å². The summed E-state index contributed by atoms with van der Waals surface area (Å²) in [5, 5.41) is 4.96. The molecule has 2 rings (SSSR count). The summed E-state index contributed by atoms with van der Waals surface area (Å²) in [6.07, 6.45) is 1.07. The maximum Gasteiger partial charge on any atom is 0.357 e. The fourth-order valence-corrected chi connectivity index (χ4v) is 4.26. The lowest BCUT2D eigenvalue weighted by Gasteiger charge is -2.21. The van der Waals surface area contributed by atoms with Gasteiger partial charge in [-0.15, -0.1) is 11.3 Å². The van der Waals surface area contributed by atoms with Gasteiger partial charge in [0, 0.05) is 5.38 Å². The van der Waals surface area contributed by atoms with E-state index in [4.69, 9.17) is 8.92 Å². The van der Waals surface area contributed by atoms with Gasteiger partial charge in [0.25, 0.3) is 10.1 Å². The van der Waals surface area contributed by atoms with E-state index in [0.29, 0.717) is 17.8 Å². The van der Waals surface area contributed by atoms with Gasteiger partial charge < -0.3 is 10.1 Å². The van der Waals surface area contributed by atoms with Gasteiger partial charge in [-0.25, -0.2) is 9.78 Å². The molecule has 0 bridgehead atoms. The fraction of sp³-hybridized carbons (Fsp3) is 0.667. The van der Waals surface area contributed by atoms with Crippen molar-refractivity contribution in [3.05, 3.63) is 16.1 Å². The first-order valence-electron chi connectivity index (χ1n) is 6.73. The maximum absolute atomic E-state index is 12.0. The number of rotatable bonds is 6. The largest absolute Gasteiger partial charge is 0.461 e. The number of carbonyl (C=O) groups excluding carboxylic acids is 1. The molecule has 0 atom stereocenters. The van der Waals surface area contributed by atoms with Crippen LogP contribution >= 0.6 is 11.3 Å². The first-order valence-corrected chi connectivity index (χ1v) is 9.19. The predicted molar refractivity (Wildman–Crippen MR) is 77.7 cm³/mol. The van der Waals surface area contributed by atoms with Gasteiger partial charge in [0.15, 0.2) is 5.69 Å². The van der Waals surface area contributed by atoms with Gasteiger partial charge in [0.1, 0.15) is 10.8 Å². The second kappa shape index (κ2) is 7.30. The van der Waals surface area contributed by atoms with Crippen molar-refractivity contribution in [2.75, 3.05) is 19.7 Å². The van der Waals surface area contributed by atoms with Crippen LogP contribution in [0.3, 0.4) is 0 Å². The summed E-state index contributed by atoms with van der Waals surface area (Å²) in [5.74, 6) is -0.863. The number of hydrogen-bond acceptors (Lipinski definition) is 8. The van der Waals surface area contributed by atoms with Crippen molar-refractivity contribution in [3.63, 3.8) is 0 Å². The normalized spacial score (nSPS) is 16.8. The fourth-order valence-electron chi connectivity index (χ4n) is 1.96. The summed E-state index contributed by atoms with van der Waals surface area (Å²) in [7, 11) is -3.69. The third-order valence-corrected chi connectivity index (χ3v) is 5.13. The highest BCUT2D eigenvalue weighted by Gasteiger charge is 2.23. The van der Waals surface area contributed by atoms with Gasteiger partial charge in [0.05, 0.1) is 12.7 Å². The van der Waals surface area contributed by atoms with Crippen molar-refractivity contribution in [1.29, 1.82) is 0 Å². The van der Waals surface area contributed by atoms with E-state index in [1.807, 2.05) is 0 Å². The number of hydrogen-bond donors (Lipinski definition) is 1. The van der Waals surface area contributed by atoms with E-state index in [9.17, 15) is 13.2 Å². The number of thiazole rings is 1. The van der Waals surface area contributed by atoms with Gasteiger partial charge in [-0.05, 0) is 32.9 Å². The molecule has 0 amide bonds. The minimum absolute atomic E-state index is 0.133. The molecule has 2 heterocycles. The third-order valence-electron chi connectivity index (χ3n) is 2.91. The molecule has 21 heavy (non-hydrogen) atoms. The van der Waals surface area contributed by atoms with Crippen molar-refractivity contribution in [2.45, 2.75) is 31.6 Å². The molecule has 118 valence electrons. The highest BCUT2D eigenvalue weighted by Crippen LogP contribution is 2.18. The molecule has 0 aromatic carbocycles. The topological polar surface area (TPSA) is 94.6 Å². The number of nitrogens with one attached hydrogen (secondary N) is 1. The molecule has 0 spiro atoms. The molecule has 1 aromatic rings. The number of esters is 1. The zero-order valence-electron chi connectivity index (χ0n) is 11.7. The Labute approximate surface area is 127 Å². The van der Waals surface area contributed by atoms with Crippen LogP contribution in [0.5, 0.6) is 0 Å². The van der Waals surface area contributed by atoms with E-state index in [1.165, 1.54) is 5.38 Å².